The number of aryl methyl sites for hydroxylation is 1. The van der Waals surface area contributed by atoms with Crippen LogP contribution in [0.25, 0.3) is 11.1 Å². The maximum atomic E-state index is 6.13. The predicted molar refractivity (Wildman–Crippen MR) is 68.3 cm³/mol. The van der Waals surface area contributed by atoms with Crippen LogP contribution in [-0.2, 0) is 12.8 Å². The number of hydrogen-bond acceptors (Lipinski definition) is 1. The standard InChI is InChI=1S/C15H15N/c16-14-10-9-11-7-4-8-13(11)15(14)12-5-2-1-3-6-12/h1-3,5-6,9-10H,4,7-8,16H2. The van der Waals surface area contributed by atoms with Crippen LogP contribution >= 0.6 is 0 Å². The Kier molecular flexibility index (Phi) is 2.17. The van der Waals surface area contributed by atoms with Crippen LogP contribution in [-0.4, -0.2) is 0 Å². The molecule has 16 heavy (non-hydrogen) atoms. The zero-order valence-electron chi connectivity index (χ0n) is 9.24. The third-order valence-corrected chi connectivity index (χ3v) is 3.38. The van der Waals surface area contributed by atoms with E-state index in [0.29, 0.717) is 0 Å². The zero-order chi connectivity index (χ0) is 11.0. The van der Waals surface area contributed by atoms with Crippen molar-refractivity contribution in [2.75, 3.05) is 5.73 Å². The van der Waals surface area contributed by atoms with Crippen molar-refractivity contribution in [2.45, 2.75) is 19.3 Å². The topological polar surface area (TPSA) is 26.0 Å². The van der Waals surface area contributed by atoms with Crippen molar-refractivity contribution in [3.8, 4) is 11.1 Å². The molecule has 1 aliphatic rings. The quantitative estimate of drug-likeness (QED) is 0.715. The van der Waals surface area contributed by atoms with E-state index < -0.39 is 0 Å². The molecule has 3 rings (SSSR count). The first-order valence-corrected chi connectivity index (χ1v) is 5.82. The Hall–Kier alpha value is -1.76. The van der Waals surface area contributed by atoms with Crippen LogP contribution < -0.4 is 5.73 Å². The van der Waals surface area contributed by atoms with Gasteiger partial charge in [0.05, 0.1) is 0 Å². The fraction of sp³-hybridized carbons (Fsp3) is 0.200. The van der Waals surface area contributed by atoms with Gasteiger partial charge in [0.2, 0.25) is 0 Å². The minimum atomic E-state index is 0.909. The zero-order valence-corrected chi connectivity index (χ0v) is 9.24. The van der Waals surface area contributed by atoms with E-state index in [0.717, 1.165) is 5.69 Å². The van der Waals surface area contributed by atoms with E-state index in [1.165, 1.54) is 41.5 Å². The monoisotopic (exact) mass is 209 g/mol. The lowest BCUT2D eigenvalue weighted by Crippen LogP contribution is -1.95. The molecule has 0 unspecified atom stereocenters. The number of nitrogen functional groups attached to an aromatic ring is 1. The van der Waals surface area contributed by atoms with E-state index in [2.05, 4.69) is 30.3 Å². The molecule has 0 fully saturated rings. The lowest BCUT2D eigenvalue weighted by molar-refractivity contribution is 0.912. The molecule has 0 heterocycles. The minimum Gasteiger partial charge on any atom is -0.398 e. The Bertz CT molecular complexity index is 514. The molecule has 0 saturated carbocycles. The second-order valence-electron chi connectivity index (χ2n) is 4.39. The fourth-order valence-electron chi connectivity index (χ4n) is 2.63. The third-order valence-electron chi connectivity index (χ3n) is 3.38. The highest BCUT2D eigenvalue weighted by molar-refractivity contribution is 5.81. The summed E-state index contributed by atoms with van der Waals surface area (Å²) in [6.45, 7) is 0. The average Bonchev–Trinajstić information content (AvgIpc) is 2.78. The first kappa shape index (κ1) is 9.46. The van der Waals surface area contributed by atoms with Crippen molar-refractivity contribution in [3.05, 3.63) is 53.6 Å². The van der Waals surface area contributed by atoms with E-state index >= 15 is 0 Å². The van der Waals surface area contributed by atoms with Crippen molar-refractivity contribution in [1.82, 2.24) is 0 Å². The second-order valence-corrected chi connectivity index (χ2v) is 4.39. The highest BCUT2D eigenvalue weighted by Crippen LogP contribution is 2.36. The molecule has 0 saturated heterocycles. The van der Waals surface area contributed by atoms with Gasteiger partial charge >= 0.3 is 0 Å². The van der Waals surface area contributed by atoms with Gasteiger partial charge in [-0.3, -0.25) is 0 Å². The Balaban J connectivity index is 2.24. The molecule has 2 aromatic carbocycles. The van der Waals surface area contributed by atoms with Crippen LogP contribution in [0.4, 0.5) is 5.69 Å². The number of rotatable bonds is 1. The normalized spacial score (nSPS) is 13.8. The Morgan fingerprint density at radius 3 is 2.50 bits per heavy atom. The Morgan fingerprint density at radius 2 is 1.69 bits per heavy atom. The fourth-order valence-corrected chi connectivity index (χ4v) is 2.63. The van der Waals surface area contributed by atoms with Crippen molar-refractivity contribution in [3.63, 3.8) is 0 Å². The molecule has 0 atom stereocenters. The molecule has 0 aromatic heterocycles. The van der Waals surface area contributed by atoms with Crippen LogP contribution in [0.3, 0.4) is 0 Å². The van der Waals surface area contributed by atoms with E-state index in [-0.39, 0.29) is 0 Å². The average molecular weight is 209 g/mol. The van der Waals surface area contributed by atoms with Crippen LogP contribution in [0.5, 0.6) is 0 Å². The first-order chi connectivity index (χ1) is 7.86. The summed E-state index contributed by atoms with van der Waals surface area (Å²) < 4.78 is 0. The van der Waals surface area contributed by atoms with Crippen molar-refractivity contribution >= 4 is 5.69 Å². The van der Waals surface area contributed by atoms with E-state index in [1.54, 1.807) is 0 Å². The van der Waals surface area contributed by atoms with Crippen molar-refractivity contribution in [1.29, 1.82) is 0 Å². The minimum absolute atomic E-state index is 0.909. The van der Waals surface area contributed by atoms with Gasteiger partial charge in [-0.15, -0.1) is 0 Å². The van der Waals surface area contributed by atoms with Crippen LogP contribution in [0, 0.1) is 0 Å². The molecule has 2 N–H and O–H groups in total. The van der Waals surface area contributed by atoms with E-state index in [1.807, 2.05) is 12.1 Å². The van der Waals surface area contributed by atoms with Gasteiger partial charge in [-0.05, 0) is 42.0 Å². The second kappa shape index (κ2) is 3.67. The summed E-state index contributed by atoms with van der Waals surface area (Å²) in [5, 5.41) is 0. The molecule has 0 radical (unpaired) electrons. The smallest absolute Gasteiger partial charge is 0.0396 e. The summed E-state index contributed by atoms with van der Waals surface area (Å²) in [4.78, 5) is 0. The number of nitrogens with two attached hydrogens (primary N) is 1. The Labute approximate surface area is 95.9 Å². The molecule has 0 aliphatic heterocycles. The molecule has 2 aromatic rings. The molecular weight excluding hydrogens is 194 g/mol. The summed E-state index contributed by atoms with van der Waals surface area (Å²) in [5.74, 6) is 0. The summed E-state index contributed by atoms with van der Waals surface area (Å²) in [6, 6.07) is 14.7. The van der Waals surface area contributed by atoms with Gasteiger partial charge in [-0.2, -0.15) is 0 Å². The number of fused-ring (bicyclic) bond motifs is 1. The van der Waals surface area contributed by atoms with E-state index in [4.69, 9.17) is 5.73 Å². The van der Waals surface area contributed by atoms with Gasteiger partial charge in [0, 0.05) is 11.3 Å². The summed E-state index contributed by atoms with van der Waals surface area (Å²) >= 11 is 0. The van der Waals surface area contributed by atoms with Gasteiger partial charge in [-0.25, -0.2) is 0 Å². The number of anilines is 1. The summed E-state index contributed by atoms with van der Waals surface area (Å²) in [5.41, 5.74) is 12.5. The molecule has 80 valence electrons. The molecular formula is C15H15N. The number of hydrogen-bond donors (Lipinski definition) is 1. The van der Waals surface area contributed by atoms with Crippen molar-refractivity contribution in [2.24, 2.45) is 0 Å². The highest BCUT2D eigenvalue weighted by atomic mass is 14.6. The highest BCUT2D eigenvalue weighted by Gasteiger charge is 2.17. The molecule has 1 nitrogen and oxygen atoms in total. The third kappa shape index (κ3) is 1.40. The van der Waals surface area contributed by atoms with E-state index in [9.17, 15) is 0 Å². The van der Waals surface area contributed by atoms with Gasteiger partial charge in [0.15, 0.2) is 0 Å². The molecule has 0 bridgehead atoms. The predicted octanol–water partition coefficient (Wildman–Crippen LogP) is 3.42. The van der Waals surface area contributed by atoms with Crippen LogP contribution in [0.15, 0.2) is 42.5 Å². The van der Waals surface area contributed by atoms with Gasteiger partial charge in [-0.1, -0.05) is 36.4 Å². The molecule has 0 amide bonds. The SMILES string of the molecule is Nc1ccc2c(c1-c1ccccc1)CCC2. The summed E-state index contributed by atoms with van der Waals surface area (Å²) in [7, 11) is 0. The maximum absolute atomic E-state index is 6.13. The van der Waals surface area contributed by atoms with Crippen molar-refractivity contribution < 1.29 is 0 Å². The summed E-state index contributed by atoms with van der Waals surface area (Å²) in [6.07, 6.45) is 3.64. The van der Waals surface area contributed by atoms with Gasteiger partial charge < -0.3 is 5.73 Å². The molecule has 1 aliphatic carbocycles. The lowest BCUT2D eigenvalue weighted by Gasteiger charge is -2.11. The molecule has 0 spiro atoms. The first-order valence-electron chi connectivity index (χ1n) is 5.82. The number of benzene rings is 2. The lowest BCUT2D eigenvalue weighted by atomic mass is 9.95. The van der Waals surface area contributed by atoms with Gasteiger partial charge in [0.25, 0.3) is 0 Å². The molecule has 1 heteroatoms. The maximum Gasteiger partial charge on any atom is 0.0396 e. The largest absolute Gasteiger partial charge is 0.398 e. The Morgan fingerprint density at radius 1 is 0.875 bits per heavy atom. The van der Waals surface area contributed by atoms with Gasteiger partial charge in [0.1, 0.15) is 0 Å². The van der Waals surface area contributed by atoms with Crippen LogP contribution in [0.1, 0.15) is 17.5 Å². The van der Waals surface area contributed by atoms with Crippen LogP contribution in [0.2, 0.25) is 0 Å².